The van der Waals surface area contributed by atoms with Gasteiger partial charge in [0, 0.05) is 25.3 Å². The lowest BCUT2D eigenvalue weighted by Gasteiger charge is -2.41. The van der Waals surface area contributed by atoms with E-state index in [0.717, 1.165) is 75.0 Å². The van der Waals surface area contributed by atoms with E-state index in [1.165, 1.54) is 0 Å². The van der Waals surface area contributed by atoms with Crippen molar-refractivity contribution in [2.75, 3.05) is 53.6 Å². The summed E-state index contributed by atoms with van der Waals surface area (Å²) in [6, 6.07) is 6.27. The molecule has 1 atom stereocenters. The van der Waals surface area contributed by atoms with Crippen molar-refractivity contribution < 1.29 is 14.2 Å². The van der Waals surface area contributed by atoms with E-state index in [-0.39, 0.29) is 35.6 Å². The third-order valence-corrected chi connectivity index (χ3v) is 5.99. The molecule has 0 aromatic heterocycles. The second-order valence-corrected chi connectivity index (χ2v) is 8.70. The van der Waals surface area contributed by atoms with Crippen molar-refractivity contribution in [3.63, 3.8) is 0 Å². The number of hydrogen-bond acceptors (Lipinski definition) is 5. The largest absolute Gasteiger partial charge is 0.490 e. The standard InChI is InChI=1S/C25H44N4O3.HI/c1-7-14-31-22-11-10-21(18-23(22)32-15-8-2)20(4)28-24(26-9-3)27-19-25(29(5)6)12-16-30-17-13-25;/h10-11,18,20H,7-9,12-17,19H2,1-6H3,(H2,26,27,28);1H. The van der Waals surface area contributed by atoms with Gasteiger partial charge in [0.15, 0.2) is 17.5 Å². The number of nitrogens with one attached hydrogen (secondary N) is 2. The van der Waals surface area contributed by atoms with E-state index in [1.807, 2.05) is 6.07 Å². The summed E-state index contributed by atoms with van der Waals surface area (Å²) >= 11 is 0. The summed E-state index contributed by atoms with van der Waals surface area (Å²) < 4.78 is 17.5. The Morgan fingerprint density at radius 3 is 2.30 bits per heavy atom. The Bertz CT molecular complexity index is 709. The van der Waals surface area contributed by atoms with Gasteiger partial charge < -0.3 is 29.7 Å². The zero-order valence-corrected chi connectivity index (χ0v) is 23.7. The SMILES string of the molecule is CCCOc1ccc(C(C)NC(=NCC2(N(C)C)CCOCC2)NCC)cc1OCCC.I. The fourth-order valence-corrected chi connectivity index (χ4v) is 3.78. The van der Waals surface area contributed by atoms with Gasteiger partial charge in [-0.05, 0) is 71.3 Å². The second-order valence-electron chi connectivity index (χ2n) is 8.70. The zero-order valence-electron chi connectivity index (χ0n) is 21.4. The first-order chi connectivity index (χ1) is 15.5. The first-order valence-corrected chi connectivity index (χ1v) is 12.1. The number of hydrogen-bond donors (Lipinski definition) is 2. The Hall–Kier alpha value is -1.26. The predicted octanol–water partition coefficient (Wildman–Crippen LogP) is 4.61. The van der Waals surface area contributed by atoms with Gasteiger partial charge in [0.2, 0.25) is 0 Å². The summed E-state index contributed by atoms with van der Waals surface area (Å²) in [6.07, 6.45) is 3.92. The summed E-state index contributed by atoms with van der Waals surface area (Å²) in [4.78, 5) is 7.27. The topological polar surface area (TPSA) is 67.4 Å². The Morgan fingerprint density at radius 2 is 1.73 bits per heavy atom. The number of nitrogens with zero attached hydrogens (tertiary/aromatic N) is 2. The highest BCUT2D eigenvalue weighted by atomic mass is 127. The van der Waals surface area contributed by atoms with E-state index in [2.05, 4.69) is 69.5 Å². The van der Waals surface area contributed by atoms with Crippen molar-refractivity contribution in [1.82, 2.24) is 15.5 Å². The van der Waals surface area contributed by atoms with Gasteiger partial charge in [-0.15, -0.1) is 24.0 Å². The first-order valence-electron chi connectivity index (χ1n) is 12.1. The number of likely N-dealkylation sites (N-methyl/N-ethyl adjacent to an activating group) is 1. The average molecular weight is 577 g/mol. The lowest BCUT2D eigenvalue weighted by atomic mass is 9.89. The van der Waals surface area contributed by atoms with Crippen LogP contribution in [0.1, 0.15) is 65.0 Å². The van der Waals surface area contributed by atoms with Crippen LogP contribution < -0.4 is 20.1 Å². The Balaban J connectivity index is 0.00000544. The van der Waals surface area contributed by atoms with Crippen molar-refractivity contribution in [3.8, 4) is 11.5 Å². The molecule has 8 heteroatoms. The molecule has 1 heterocycles. The maximum atomic E-state index is 5.98. The molecule has 0 aliphatic carbocycles. The Kier molecular flexibility index (Phi) is 14.1. The van der Waals surface area contributed by atoms with E-state index < -0.39 is 0 Å². The molecule has 0 bridgehead atoms. The molecule has 2 rings (SSSR count). The minimum absolute atomic E-state index is 0. The number of rotatable bonds is 12. The van der Waals surface area contributed by atoms with Gasteiger partial charge in [0.25, 0.3) is 0 Å². The quantitative estimate of drug-likeness (QED) is 0.215. The molecular formula is C25H45IN4O3. The lowest BCUT2D eigenvalue weighted by Crippen LogP contribution is -2.51. The molecule has 2 N–H and O–H groups in total. The molecule has 0 saturated carbocycles. The highest BCUT2D eigenvalue weighted by Crippen LogP contribution is 2.31. The van der Waals surface area contributed by atoms with Crippen LogP contribution in [0.15, 0.2) is 23.2 Å². The van der Waals surface area contributed by atoms with E-state index in [9.17, 15) is 0 Å². The summed E-state index contributed by atoms with van der Waals surface area (Å²) in [6.45, 7) is 12.9. The molecule has 1 aliphatic heterocycles. The zero-order chi connectivity index (χ0) is 23.4. The third-order valence-electron chi connectivity index (χ3n) is 5.99. The summed E-state index contributed by atoms with van der Waals surface area (Å²) in [5, 5.41) is 6.97. The van der Waals surface area contributed by atoms with E-state index in [4.69, 9.17) is 19.2 Å². The van der Waals surface area contributed by atoms with Crippen LogP contribution in [0.2, 0.25) is 0 Å². The predicted molar refractivity (Wildman–Crippen MR) is 147 cm³/mol. The number of guanidine groups is 1. The highest BCUT2D eigenvalue weighted by molar-refractivity contribution is 14.0. The van der Waals surface area contributed by atoms with Crippen molar-refractivity contribution in [1.29, 1.82) is 0 Å². The van der Waals surface area contributed by atoms with Gasteiger partial charge in [-0.1, -0.05) is 19.9 Å². The fourth-order valence-electron chi connectivity index (χ4n) is 3.78. The number of ether oxygens (including phenoxy) is 3. The van der Waals surface area contributed by atoms with Crippen molar-refractivity contribution in [3.05, 3.63) is 23.8 Å². The van der Waals surface area contributed by atoms with Crippen LogP contribution in [0.4, 0.5) is 0 Å². The van der Waals surface area contributed by atoms with Crippen LogP contribution in [-0.4, -0.2) is 70.0 Å². The molecule has 0 amide bonds. The Morgan fingerprint density at radius 1 is 1.09 bits per heavy atom. The van der Waals surface area contributed by atoms with E-state index in [1.54, 1.807) is 0 Å². The molecular weight excluding hydrogens is 531 g/mol. The van der Waals surface area contributed by atoms with Crippen molar-refractivity contribution in [2.45, 2.75) is 65.0 Å². The first kappa shape index (κ1) is 29.8. The van der Waals surface area contributed by atoms with Crippen molar-refractivity contribution in [2.24, 2.45) is 4.99 Å². The van der Waals surface area contributed by atoms with Gasteiger partial charge >= 0.3 is 0 Å². The molecule has 0 radical (unpaired) electrons. The number of aliphatic imine (C=N–C) groups is 1. The maximum Gasteiger partial charge on any atom is 0.191 e. The highest BCUT2D eigenvalue weighted by Gasteiger charge is 2.34. The normalized spacial score (nSPS) is 16.6. The third kappa shape index (κ3) is 9.13. The number of benzene rings is 1. The van der Waals surface area contributed by atoms with Crippen LogP contribution in [0.3, 0.4) is 0 Å². The molecule has 1 unspecified atom stereocenters. The summed E-state index contributed by atoms with van der Waals surface area (Å²) in [7, 11) is 4.29. The molecule has 0 spiro atoms. The van der Waals surface area contributed by atoms with Crippen molar-refractivity contribution >= 4 is 29.9 Å². The molecule has 1 fully saturated rings. The summed E-state index contributed by atoms with van der Waals surface area (Å²) in [5.74, 6) is 2.45. The van der Waals surface area contributed by atoms with E-state index >= 15 is 0 Å². The number of halogens is 1. The smallest absolute Gasteiger partial charge is 0.191 e. The molecule has 1 aromatic rings. The maximum absolute atomic E-state index is 5.98. The van der Waals surface area contributed by atoms with Crippen LogP contribution in [0.25, 0.3) is 0 Å². The minimum Gasteiger partial charge on any atom is -0.490 e. The van der Waals surface area contributed by atoms with Crippen LogP contribution in [0.5, 0.6) is 11.5 Å². The molecule has 33 heavy (non-hydrogen) atoms. The van der Waals surface area contributed by atoms with Crippen LogP contribution in [0, 0.1) is 0 Å². The van der Waals surface area contributed by atoms with Gasteiger partial charge in [-0.25, -0.2) is 0 Å². The summed E-state index contributed by atoms with van der Waals surface area (Å²) in [5.41, 5.74) is 1.18. The Labute approximate surface area is 218 Å². The fraction of sp³-hybridized carbons (Fsp3) is 0.720. The monoisotopic (exact) mass is 576 g/mol. The lowest BCUT2D eigenvalue weighted by molar-refractivity contribution is -0.00255. The molecule has 7 nitrogen and oxygen atoms in total. The van der Waals surface area contributed by atoms with Crippen LogP contribution >= 0.6 is 24.0 Å². The van der Waals surface area contributed by atoms with Crippen LogP contribution in [-0.2, 0) is 4.74 Å². The van der Waals surface area contributed by atoms with Gasteiger partial charge in [-0.2, -0.15) is 0 Å². The van der Waals surface area contributed by atoms with Gasteiger partial charge in [-0.3, -0.25) is 4.99 Å². The van der Waals surface area contributed by atoms with Gasteiger partial charge in [0.05, 0.1) is 25.8 Å². The second kappa shape index (κ2) is 15.6. The molecule has 1 aliphatic rings. The van der Waals surface area contributed by atoms with E-state index in [0.29, 0.717) is 13.2 Å². The molecule has 190 valence electrons. The minimum atomic E-state index is 0. The van der Waals surface area contributed by atoms with Gasteiger partial charge in [0.1, 0.15) is 0 Å². The molecule has 1 aromatic carbocycles. The average Bonchev–Trinajstić information content (AvgIpc) is 2.80. The molecule has 1 saturated heterocycles.